The fourth-order valence-electron chi connectivity index (χ4n) is 1.68. The molecular formula is C13H9BrFN3O3. The van der Waals surface area contributed by atoms with Gasteiger partial charge in [0.25, 0.3) is 5.91 Å². The molecule has 0 aromatic heterocycles. The number of hydrogen-bond acceptors (Lipinski definition) is 4. The number of amides is 1. The highest BCUT2D eigenvalue weighted by atomic mass is 79.9. The summed E-state index contributed by atoms with van der Waals surface area (Å²) in [4.78, 5) is 21.7. The standard InChI is InChI=1S/C13H9BrFN3O3/c14-8-3-7(4-9(16)5-8)13(19)17-10-1-2-12(18(20)21)11(15)6-10/h1-6H,16H2,(H,17,19). The number of nitrogen functional groups attached to an aromatic ring is 1. The number of nitrogens with one attached hydrogen (secondary N) is 1. The molecule has 2 aromatic rings. The van der Waals surface area contributed by atoms with E-state index in [2.05, 4.69) is 21.2 Å². The van der Waals surface area contributed by atoms with E-state index in [0.717, 1.165) is 12.1 Å². The van der Waals surface area contributed by atoms with Crippen LogP contribution in [0.25, 0.3) is 0 Å². The van der Waals surface area contributed by atoms with Crippen LogP contribution < -0.4 is 11.1 Å². The van der Waals surface area contributed by atoms with Crippen LogP contribution in [0.4, 0.5) is 21.5 Å². The minimum atomic E-state index is -1.02. The third-order valence-electron chi connectivity index (χ3n) is 2.58. The lowest BCUT2D eigenvalue weighted by atomic mass is 10.2. The van der Waals surface area contributed by atoms with Crippen molar-refractivity contribution in [1.82, 2.24) is 0 Å². The predicted octanol–water partition coefficient (Wildman–Crippen LogP) is 3.33. The van der Waals surface area contributed by atoms with Crippen LogP contribution in [0.3, 0.4) is 0 Å². The zero-order valence-electron chi connectivity index (χ0n) is 10.5. The first kappa shape index (κ1) is 14.9. The van der Waals surface area contributed by atoms with E-state index in [4.69, 9.17) is 5.73 Å². The van der Waals surface area contributed by atoms with Crippen LogP contribution >= 0.6 is 15.9 Å². The molecule has 0 fully saturated rings. The molecule has 0 radical (unpaired) electrons. The van der Waals surface area contributed by atoms with Gasteiger partial charge in [-0.15, -0.1) is 0 Å². The number of halogens is 2. The number of nitrogens with two attached hydrogens (primary N) is 1. The number of hydrogen-bond donors (Lipinski definition) is 2. The summed E-state index contributed by atoms with van der Waals surface area (Å²) in [6.07, 6.45) is 0. The first-order chi connectivity index (χ1) is 9.86. The van der Waals surface area contributed by atoms with Gasteiger partial charge in [0, 0.05) is 33.5 Å². The number of benzene rings is 2. The SMILES string of the molecule is Nc1cc(Br)cc(C(=O)Nc2ccc([N+](=O)[O-])c(F)c2)c1. The predicted molar refractivity (Wildman–Crippen MR) is 79.6 cm³/mol. The van der Waals surface area contributed by atoms with Crippen LogP contribution in [0.15, 0.2) is 40.9 Å². The van der Waals surface area contributed by atoms with Gasteiger partial charge in [-0.1, -0.05) is 15.9 Å². The summed E-state index contributed by atoms with van der Waals surface area (Å²) >= 11 is 3.21. The zero-order valence-corrected chi connectivity index (χ0v) is 12.1. The Morgan fingerprint density at radius 3 is 2.57 bits per heavy atom. The Morgan fingerprint density at radius 2 is 2.00 bits per heavy atom. The molecule has 0 spiro atoms. The Morgan fingerprint density at radius 1 is 1.29 bits per heavy atom. The summed E-state index contributed by atoms with van der Waals surface area (Å²) in [6.45, 7) is 0. The van der Waals surface area contributed by atoms with Crippen molar-refractivity contribution in [2.45, 2.75) is 0 Å². The van der Waals surface area contributed by atoms with Gasteiger partial charge in [-0.25, -0.2) is 0 Å². The van der Waals surface area contributed by atoms with Gasteiger partial charge in [0.1, 0.15) is 0 Å². The molecule has 21 heavy (non-hydrogen) atoms. The lowest BCUT2D eigenvalue weighted by Gasteiger charge is -2.07. The molecule has 8 heteroatoms. The van der Waals surface area contributed by atoms with Crippen LogP contribution in [0.5, 0.6) is 0 Å². The smallest absolute Gasteiger partial charge is 0.304 e. The molecule has 6 nitrogen and oxygen atoms in total. The molecule has 0 atom stereocenters. The van der Waals surface area contributed by atoms with Gasteiger partial charge in [0.15, 0.2) is 0 Å². The minimum Gasteiger partial charge on any atom is -0.399 e. The quantitative estimate of drug-likeness (QED) is 0.502. The fourth-order valence-corrected chi connectivity index (χ4v) is 2.19. The minimum absolute atomic E-state index is 0.113. The molecule has 0 aliphatic heterocycles. The first-order valence-electron chi connectivity index (χ1n) is 5.68. The maximum atomic E-state index is 13.5. The van der Waals surface area contributed by atoms with Gasteiger partial charge < -0.3 is 11.1 Å². The molecule has 0 bridgehead atoms. The number of carbonyl (C=O) groups excluding carboxylic acids is 1. The average molecular weight is 354 g/mol. The fraction of sp³-hybridized carbons (Fsp3) is 0. The summed E-state index contributed by atoms with van der Waals surface area (Å²) < 4.78 is 14.1. The van der Waals surface area contributed by atoms with Crippen LogP contribution in [0, 0.1) is 15.9 Å². The van der Waals surface area contributed by atoms with E-state index in [-0.39, 0.29) is 11.3 Å². The van der Waals surface area contributed by atoms with Crippen molar-refractivity contribution in [3.8, 4) is 0 Å². The van der Waals surface area contributed by atoms with E-state index < -0.39 is 22.3 Å². The highest BCUT2D eigenvalue weighted by Crippen LogP contribution is 2.22. The second-order valence-corrected chi connectivity index (χ2v) is 5.07. The number of nitro benzene ring substituents is 1. The van der Waals surface area contributed by atoms with E-state index in [0.29, 0.717) is 10.2 Å². The number of nitrogens with zero attached hydrogens (tertiary/aromatic N) is 1. The van der Waals surface area contributed by atoms with Gasteiger partial charge >= 0.3 is 5.69 Å². The molecule has 2 aromatic carbocycles. The molecule has 0 saturated carbocycles. The maximum Gasteiger partial charge on any atom is 0.304 e. The normalized spacial score (nSPS) is 10.2. The molecule has 1 amide bonds. The number of anilines is 2. The van der Waals surface area contributed by atoms with Crippen molar-refractivity contribution < 1.29 is 14.1 Å². The van der Waals surface area contributed by atoms with Crippen molar-refractivity contribution >= 4 is 38.9 Å². The molecule has 0 aliphatic carbocycles. The Hall–Kier alpha value is -2.48. The van der Waals surface area contributed by atoms with Crippen molar-refractivity contribution in [2.24, 2.45) is 0 Å². The van der Waals surface area contributed by atoms with Gasteiger partial charge in [0.05, 0.1) is 4.92 Å². The molecule has 0 unspecified atom stereocenters. The van der Waals surface area contributed by atoms with Crippen LogP contribution in [0.1, 0.15) is 10.4 Å². The van der Waals surface area contributed by atoms with Gasteiger partial charge in [-0.05, 0) is 24.3 Å². The van der Waals surface area contributed by atoms with E-state index in [9.17, 15) is 19.3 Å². The highest BCUT2D eigenvalue weighted by Gasteiger charge is 2.15. The first-order valence-corrected chi connectivity index (χ1v) is 6.47. The second-order valence-electron chi connectivity index (χ2n) is 4.15. The summed E-state index contributed by atoms with van der Waals surface area (Å²) in [5, 5.41) is 13.0. The van der Waals surface area contributed by atoms with Crippen LogP contribution in [0.2, 0.25) is 0 Å². The molecule has 108 valence electrons. The van der Waals surface area contributed by atoms with Crippen molar-refractivity contribution in [1.29, 1.82) is 0 Å². The molecule has 0 saturated heterocycles. The summed E-state index contributed by atoms with van der Waals surface area (Å²) in [5.74, 6) is -1.53. The molecular weight excluding hydrogens is 345 g/mol. The summed E-state index contributed by atoms with van der Waals surface area (Å²) in [6, 6.07) is 7.76. The third-order valence-corrected chi connectivity index (χ3v) is 3.04. The molecule has 2 rings (SSSR count). The number of nitro groups is 1. The molecule has 0 aliphatic rings. The van der Waals surface area contributed by atoms with E-state index >= 15 is 0 Å². The Kier molecular flexibility index (Phi) is 4.18. The van der Waals surface area contributed by atoms with E-state index in [1.54, 1.807) is 12.1 Å². The van der Waals surface area contributed by atoms with Gasteiger partial charge in [-0.3, -0.25) is 14.9 Å². The van der Waals surface area contributed by atoms with Crippen LogP contribution in [-0.4, -0.2) is 10.8 Å². The Labute approximate surface area is 127 Å². The Bertz CT molecular complexity index is 716. The number of carbonyl (C=O) groups is 1. The largest absolute Gasteiger partial charge is 0.399 e. The van der Waals surface area contributed by atoms with Crippen LogP contribution in [-0.2, 0) is 0 Å². The lowest BCUT2D eigenvalue weighted by molar-refractivity contribution is -0.387. The van der Waals surface area contributed by atoms with Crippen molar-refractivity contribution in [2.75, 3.05) is 11.1 Å². The second kappa shape index (κ2) is 5.88. The molecule has 0 heterocycles. The topological polar surface area (TPSA) is 98.3 Å². The van der Waals surface area contributed by atoms with E-state index in [1.807, 2.05) is 0 Å². The van der Waals surface area contributed by atoms with Gasteiger partial charge in [0.2, 0.25) is 5.82 Å². The average Bonchev–Trinajstić information content (AvgIpc) is 2.37. The van der Waals surface area contributed by atoms with Crippen molar-refractivity contribution in [3.63, 3.8) is 0 Å². The van der Waals surface area contributed by atoms with E-state index in [1.165, 1.54) is 12.1 Å². The Balaban J connectivity index is 2.23. The molecule has 3 N–H and O–H groups in total. The van der Waals surface area contributed by atoms with Crippen molar-refractivity contribution in [3.05, 3.63) is 62.4 Å². The van der Waals surface area contributed by atoms with Gasteiger partial charge in [-0.2, -0.15) is 4.39 Å². The monoisotopic (exact) mass is 353 g/mol. The number of rotatable bonds is 3. The summed E-state index contributed by atoms with van der Waals surface area (Å²) in [5.41, 5.74) is 5.75. The lowest BCUT2D eigenvalue weighted by Crippen LogP contribution is -2.12. The third kappa shape index (κ3) is 3.54. The maximum absolute atomic E-state index is 13.5. The highest BCUT2D eigenvalue weighted by molar-refractivity contribution is 9.10. The summed E-state index contributed by atoms with van der Waals surface area (Å²) in [7, 11) is 0. The zero-order chi connectivity index (χ0) is 15.6.